The van der Waals surface area contributed by atoms with E-state index in [2.05, 4.69) is 68.1 Å². The molecule has 4 heterocycles. The monoisotopic (exact) mass is 890 g/mol. The Bertz CT molecular complexity index is 2060. The van der Waals surface area contributed by atoms with Crippen molar-refractivity contribution in [3.63, 3.8) is 0 Å². The molecule has 17 heteroatoms. The predicted octanol–water partition coefficient (Wildman–Crippen LogP) is 7.18. The largest absolute Gasteiger partial charge is 0.493 e. The molecule has 6 N–H and O–H groups in total. The summed E-state index contributed by atoms with van der Waals surface area (Å²) in [5.41, 5.74) is 18.2. The molecular weight excluding hydrogens is 838 g/mol. The van der Waals surface area contributed by atoms with Crippen molar-refractivity contribution in [3.05, 3.63) is 97.1 Å². The molecule has 0 radical (unpaired) electrons. The van der Waals surface area contributed by atoms with E-state index in [1.54, 1.807) is 28.4 Å². The van der Waals surface area contributed by atoms with E-state index >= 15 is 0 Å². The molecule has 0 aliphatic carbocycles. The Morgan fingerprint density at radius 1 is 0.424 bits per heavy atom. The molecule has 320 valence electrons. The number of nitrogen functional groups attached to an aromatic ring is 2. The molecule has 59 heavy (non-hydrogen) atoms. The van der Waals surface area contributed by atoms with Gasteiger partial charge in [-0.25, -0.2) is 9.97 Å². The minimum atomic E-state index is 0. The standard InChI is InChI=1S/2C21H24N4O2.4ClH.H2O/c2*1-26-19-12-16-17(22)13-21(23-18(16)14-20(19)27-2)25-10-8-24(9-11-25)15-6-4-3-5-7-15;;;;;/h2*3-7,12-14H,8-11H2,1-2H3,(H2,22,23);4*1H;1H2. The van der Waals surface area contributed by atoms with Crippen LogP contribution in [0.3, 0.4) is 0 Å². The zero-order valence-corrected chi connectivity index (χ0v) is 36.8. The van der Waals surface area contributed by atoms with Gasteiger partial charge in [-0.15, -0.1) is 49.6 Å². The Hall–Kier alpha value is -5.18. The van der Waals surface area contributed by atoms with Crippen molar-refractivity contribution >= 4 is 106 Å². The summed E-state index contributed by atoms with van der Waals surface area (Å²) in [4.78, 5) is 19.0. The number of benzene rings is 4. The van der Waals surface area contributed by atoms with Crippen LogP contribution in [0.1, 0.15) is 0 Å². The first-order valence-corrected chi connectivity index (χ1v) is 18.1. The van der Waals surface area contributed by atoms with Crippen LogP contribution in [-0.2, 0) is 0 Å². The minimum Gasteiger partial charge on any atom is -0.493 e. The van der Waals surface area contributed by atoms with Gasteiger partial charge in [0.2, 0.25) is 0 Å². The van der Waals surface area contributed by atoms with E-state index in [1.807, 2.05) is 48.5 Å². The summed E-state index contributed by atoms with van der Waals surface area (Å²) in [5.74, 6) is 4.43. The summed E-state index contributed by atoms with van der Waals surface area (Å²) in [7, 11) is 6.49. The fraction of sp³-hybridized carbons (Fsp3) is 0.286. The SMILES string of the molecule is COc1cc2nc(N3CCN(c4ccccc4)CC3)cc(N)c2cc1OC.COc1cc2nc(N3CCN(c4ccccc4)CC3)cc(N)c2cc1OC.Cl.Cl.Cl.Cl.O. The number of ether oxygens (including phenoxy) is 4. The zero-order valence-electron chi connectivity index (χ0n) is 33.5. The highest BCUT2D eigenvalue weighted by Gasteiger charge is 2.22. The maximum absolute atomic E-state index is 6.32. The molecule has 0 bridgehead atoms. The van der Waals surface area contributed by atoms with E-state index in [0.29, 0.717) is 34.4 Å². The molecule has 0 spiro atoms. The molecule has 8 rings (SSSR count). The van der Waals surface area contributed by atoms with Crippen molar-refractivity contribution in [2.75, 3.05) is 112 Å². The van der Waals surface area contributed by atoms with E-state index in [0.717, 1.165) is 85.8 Å². The third kappa shape index (κ3) is 11.1. The van der Waals surface area contributed by atoms with E-state index in [-0.39, 0.29) is 55.1 Å². The maximum atomic E-state index is 6.32. The molecule has 0 amide bonds. The molecule has 2 saturated heterocycles. The summed E-state index contributed by atoms with van der Waals surface area (Å²) in [6.07, 6.45) is 0. The van der Waals surface area contributed by atoms with Crippen LogP contribution in [-0.4, -0.2) is 96.2 Å². The lowest BCUT2D eigenvalue weighted by atomic mass is 10.1. The van der Waals surface area contributed by atoms with Gasteiger partial charge in [0.05, 0.1) is 39.5 Å². The highest BCUT2D eigenvalue weighted by molar-refractivity contribution is 5.95. The zero-order chi connectivity index (χ0) is 37.6. The van der Waals surface area contributed by atoms with Gasteiger partial charge in [-0.1, -0.05) is 36.4 Å². The number of nitrogens with zero attached hydrogens (tertiary/aromatic N) is 6. The molecule has 2 fully saturated rings. The average Bonchev–Trinajstić information content (AvgIpc) is 3.23. The lowest BCUT2D eigenvalue weighted by molar-refractivity contribution is 0.356. The number of anilines is 6. The first kappa shape index (κ1) is 50.0. The number of para-hydroxylation sites is 2. The number of aromatic nitrogens is 2. The summed E-state index contributed by atoms with van der Waals surface area (Å²) in [6, 6.07) is 32.5. The van der Waals surface area contributed by atoms with Gasteiger partial charge in [0.15, 0.2) is 23.0 Å². The quantitative estimate of drug-likeness (QED) is 0.159. The van der Waals surface area contributed by atoms with Gasteiger partial charge < -0.3 is 55.5 Å². The maximum Gasteiger partial charge on any atom is 0.162 e. The molecule has 2 aromatic heterocycles. The normalized spacial score (nSPS) is 13.2. The van der Waals surface area contributed by atoms with Crippen LogP contribution >= 0.6 is 49.6 Å². The molecule has 6 aromatic rings. The first-order valence-electron chi connectivity index (χ1n) is 18.1. The molecule has 0 atom stereocenters. The number of hydrogen-bond donors (Lipinski definition) is 2. The number of pyridine rings is 2. The van der Waals surface area contributed by atoms with Gasteiger partial charge in [-0.2, -0.15) is 0 Å². The van der Waals surface area contributed by atoms with Gasteiger partial charge in [0.25, 0.3) is 0 Å². The summed E-state index contributed by atoms with van der Waals surface area (Å²) >= 11 is 0. The Balaban J connectivity index is 0.000000375. The fourth-order valence-corrected chi connectivity index (χ4v) is 7.12. The lowest BCUT2D eigenvalue weighted by Crippen LogP contribution is -2.46. The topological polar surface area (TPSA) is 159 Å². The van der Waals surface area contributed by atoms with Crippen LogP contribution < -0.4 is 50.0 Å². The lowest BCUT2D eigenvalue weighted by Gasteiger charge is -2.37. The van der Waals surface area contributed by atoms with Crippen molar-refractivity contribution in [1.29, 1.82) is 0 Å². The van der Waals surface area contributed by atoms with E-state index < -0.39 is 0 Å². The van der Waals surface area contributed by atoms with Gasteiger partial charge in [0.1, 0.15) is 11.6 Å². The first-order chi connectivity index (χ1) is 26.4. The van der Waals surface area contributed by atoms with Gasteiger partial charge in [0, 0.05) is 110 Å². The molecule has 0 unspecified atom stereocenters. The average molecular weight is 893 g/mol. The summed E-state index contributed by atoms with van der Waals surface area (Å²) in [6.45, 7) is 7.43. The second-order valence-electron chi connectivity index (χ2n) is 13.2. The van der Waals surface area contributed by atoms with Crippen molar-refractivity contribution in [2.24, 2.45) is 0 Å². The number of hydrogen-bond acceptors (Lipinski definition) is 12. The smallest absolute Gasteiger partial charge is 0.162 e. The van der Waals surface area contributed by atoms with Crippen molar-refractivity contribution in [2.45, 2.75) is 0 Å². The van der Waals surface area contributed by atoms with Gasteiger partial charge in [-0.05, 0) is 36.4 Å². The van der Waals surface area contributed by atoms with E-state index in [9.17, 15) is 0 Å². The van der Waals surface area contributed by atoms with Crippen LogP contribution in [0.5, 0.6) is 23.0 Å². The number of methoxy groups -OCH3 is 4. The van der Waals surface area contributed by atoms with Gasteiger partial charge >= 0.3 is 0 Å². The van der Waals surface area contributed by atoms with Crippen LogP contribution in [0.2, 0.25) is 0 Å². The Kier molecular flexibility index (Phi) is 19.3. The van der Waals surface area contributed by atoms with Crippen molar-refractivity contribution in [3.8, 4) is 23.0 Å². The number of fused-ring (bicyclic) bond motifs is 2. The molecule has 13 nitrogen and oxygen atoms in total. The van der Waals surface area contributed by atoms with Crippen LogP contribution in [0.15, 0.2) is 97.1 Å². The van der Waals surface area contributed by atoms with Crippen LogP contribution in [0.4, 0.5) is 34.4 Å². The number of piperazine rings is 2. The number of rotatable bonds is 8. The van der Waals surface area contributed by atoms with Crippen molar-refractivity contribution in [1.82, 2.24) is 9.97 Å². The second-order valence-corrected chi connectivity index (χ2v) is 13.2. The van der Waals surface area contributed by atoms with Crippen molar-refractivity contribution < 1.29 is 24.4 Å². The number of nitrogens with two attached hydrogens (primary N) is 2. The second kappa shape index (κ2) is 22.8. The third-order valence-electron chi connectivity index (χ3n) is 10.1. The highest BCUT2D eigenvalue weighted by atomic mass is 35.5. The molecule has 0 saturated carbocycles. The Morgan fingerprint density at radius 2 is 0.712 bits per heavy atom. The highest BCUT2D eigenvalue weighted by Crippen LogP contribution is 2.37. The minimum absolute atomic E-state index is 0. The van der Waals surface area contributed by atoms with E-state index in [4.69, 9.17) is 40.4 Å². The number of halogens is 4. The van der Waals surface area contributed by atoms with Crippen LogP contribution in [0.25, 0.3) is 21.8 Å². The summed E-state index contributed by atoms with van der Waals surface area (Å²) in [5, 5.41) is 1.75. The molecule has 2 aliphatic rings. The Morgan fingerprint density at radius 3 is 1.02 bits per heavy atom. The predicted molar refractivity (Wildman–Crippen MR) is 253 cm³/mol. The summed E-state index contributed by atoms with van der Waals surface area (Å²) < 4.78 is 21.6. The Labute approximate surface area is 370 Å². The third-order valence-corrected chi connectivity index (χ3v) is 10.1. The fourth-order valence-electron chi connectivity index (χ4n) is 7.12. The molecule has 2 aliphatic heterocycles. The molecule has 4 aromatic carbocycles. The molecular formula is C42H54Cl4N8O5. The van der Waals surface area contributed by atoms with Gasteiger partial charge in [-0.3, -0.25) is 0 Å². The van der Waals surface area contributed by atoms with Crippen LogP contribution in [0, 0.1) is 0 Å². The van der Waals surface area contributed by atoms with E-state index in [1.165, 1.54) is 11.4 Å².